The van der Waals surface area contributed by atoms with Crippen molar-refractivity contribution in [3.8, 4) is 0 Å². The Morgan fingerprint density at radius 2 is 2.04 bits per heavy atom. The van der Waals surface area contributed by atoms with Crippen molar-refractivity contribution in [3.05, 3.63) is 17.5 Å². The van der Waals surface area contributed by atoms with Crippen molar-refractivity contribution >= 4 is 5.91 Å². The van der Waals surface area contributed by atoms with Gasteiger partial charge in [-0.1, -0.05) is 19.0 Å². The number of hydrogen-bond donors (Lipinski definition) is 2. The van der Waals surface area contributed by atoms with Crippen LogP contribution in [-0.2, 0) is 0 Å². The third-order valence-electron chi connectivity index (χ3n) is 5.50. The standard InChI is InChI=1S/C20H34N4O2/c1-14(2)13-24(17-8-6-16(7-9-17)22-11-3-10-21)20(25)18-12-19(26-23-18)15-4-5-15/h12,14-17,22H,3-11,13,21H2,1-2H3/t16-,17-. The Balaban J connectivity index is 1.59. The zero-order valence-electron chi connectivity index (χ0n) is 16.2. The summed E-state index contributed by atoms with van der Waals surface area (Å²) in [7, 11) is 0. The SMILES string of the molecule is CC(C)CN(C(=O)c1cc(C2CC2)on1)[C@H]1CC[C@H](NCCCN)CC1. The molecule has 3 rings (SSSR count). The van der Waals surface area contributed by atoms with Gasteiger partial charge >= 0.3 is 0 Å². The first-order chi connectivity index (χ1) is 12.6. The van der Waals surface area contributed by atoms with E-state index in [1.807, 2.05) is 6.07 Å². The van der Waals surface area contributed by atoms with Crippen molar-refractivity contribution in [2.24, 2.45) is 11.7 Å². The van der Waals surface area contributed by atoms with Gasteiger partial charge in [0.1, 0.15) is 5.76 Å². The summed E-state index contributed by atoms with van der Waals surface area (Å²) in [5, 5.41) is 7.67. The zero-order valence-corrected chi connectivity index (χ0v) is 16.2. The number of nitrogens with one attached hydrogen (secondary N) is 1. The highest BCUT2D eigenvalue weighted by Crippen LogP contribution is 2.40. The van der Waals surface area contributed by atoms with Gasteiger partial charge in [-0.2, -0.15) is 0 Å². The molecule has 2 aliphatic carbocycles. The van der Waals surface area contributed by atoms with E-state index < -0.39 is 0 Å². The Hall–Kier alpha value is -1.40. The maximum Gasteiger partial charge on any atom is 0.276 e. The lowest BCUT2D eigenvalue weighted by molar-refractivity contribution is 0.0579. The van der Waals surface area contributed by atoms with Crippen LogP contribution in [0, 0.1) is 5.92 Å². The number of carbonyl (C=O) groups is 1. The molecule has 0 unspecified atom stereocenters. The Labute approximate surface area is 156 Å². The molecular weight excluding hydrogens is 328 g/mol. The molecule has 26 heavy (non-hydrogen) atoms. The highest BCUT2D eigenvalue weighted by atomic mass is 16.5. The summed E-state index contributed by atoms with van der Waals surface area (Å²) >= 11 is 0. The highest BCUT2D eigenvalue weighted by molar-refractivity contribution is 5.92. The molecule has 146 valence electrons. The topological polar surface area (TPSA) is 84.4 Å². The van der Waals surface area contributed by atoms with Gasteiger partial charge in [0.25, 0.3) is 5.91 Å². The molecule has 6 heteroatoms. The molecule has 1 heterocycles. The monoisotopic (exact) mass is 362 g/mol. The van der Waals surface area contributed by atoms with Crippen LogP contribution in [0.5, 0.6) is 0 Å². The van der Waals surface area contributed by atoms with Crippen LogP contribution in [0.4, 0.5) is 0 Å². The fourth-order valence-corrected chi connectivity index (χ4v) is 3.89. The van der Waals surface area contributed by atoms with E-state index in [-0.39, 0.29) is 5.91 Å². The number of aromatic nitrogens is 1. The van der Waals surface area contributed by atoms with Crippen LogP contribution >= 0.6 is 0 Å². The molecular formula is C20H34N4O2. The van der Waals surface area contributed by atoms with Gasteiger partial charge < -0.3 is 20.5 Å². The number of amides is 1. The summed E-state index contributed by atoms with van der Waals surface area (Å²) in [6, 6.07) is 2.73. The molecule has 0 aromatic carbocycles. The molecule has 1 aromatic heterocycles. The van der Waals surface area contributed by atoms with Crippen molar-refractivity contribution in [3.63, 3.8) is 0 Å². The lowest BCUT2D eigenvalue weighted by atomic mass is 9.89. The summed E-state index contributed by atoms with van der Waals surface area (Å²) in [5.74, 6) is 1.84. The molecule has 0 atom stereocenters. The van der Waals surface area contributed by atoms with Gasteiger partial charge in [0.15, 0.2) is 5.69 Å². The van der Waals surface area contributed by atoms with E-state index in [2.05, 4.69) is 29.2 Å². The van der Waals surface area contributed by atoms with E-state index in [4.69, 9.17) is 10.3 Å². The quantitative estimate of drug-likeness (QED) is 0.660. The van der Waals surface area contributed by atoms with Gasteiger partial charge in [0.05, 0.1) is 0 Å². The van der Waals surface area contributed by atoms with E-state index in [9.17, 15) is 4.79 Å². The second-order valence-corrected chi connectivity index (χ2v) is 8.34. The lowest BCUT2D eigenvalue weighted by Crippen LogP contribution is -2.47. The van der Waals surface area contributed by atoms with E-state index >= 15 is 0 Å². The fraction of sp³-hybridized carbons (Fsp3) is 0.800. The predicted molar refractivity (Wildman–Crippen MR) is 102 cm³/mol. The van der Waals surface area contributed by atoms with Crippen LogP contribution in [0.1, 0.15) is 81.0 Å². The van der Waals surface area contributed by atoms with Crippen molar-refractivity contribution in [1.82, 2.24) is 15.4 Å². The molecule has 3 N–H and O–H groups in total. The molecule has 2 aliphatic rings. The van der Waals surface area contributed by atoms with Gasteiger partial charge in [-0.3, -0.25) is 4.79 Å². The molecule has 0 saturated heterocycles. The molecule has 2 saturated carbocycles. The van der Waals surface area contributed by atoms with Crippen LogP contribution in [0.3, 0.4) is 0 Å². The van der Waals surface area contributed by atoms with E-state index in [0.717, 1.165) is 70.3 Å². The number of hydrogen-bond acceptors (Lipinski definition) is 5. The molecule has 1 aromatic rings. The zero-order chi connectivity index (χ0) is 18.5. The second kappa shape index (κ2) is 9.00. The van der Waals surface area contributed by atoms with E-state index in [0.29, 0.717) is 29.6 Å². The third kappa shape index (κ3) is 5.07. The average Bonchev–Trinajstić information content (AvgIpc) is 3.37. The fourth-order valence-electron chi connectivity index (χ4n) is 3.89. The minimum absolute atomic E-state index is 0.0360. The van der Waals surface area contributed by atoms with Crippen LogP contribution in [0.2, 0.25) is 0 Å². The van der Waals surface area contributed by atoms with Crippen molar-refractivity contribution in [1.29, 1.82) is 0 Å². The number of nitrogens with two attached hydrogens (primary N) is 1. The van der Waals surface area contributed by atoms with Crippen LogP contribution in [-0.4, -0.2) is 47.7 Å². The van der Waals surface area contributed by atoms with Crippen LogP contribution in [0.25, 0.3) is 0 Å². The van der Waals surface area contributed by atoms with Crippen molar-refractivity contribution < 1.29 is 9.32 Å². The predicted octanol–water partition coefficient (Wildman–Crippen LogP) is 2.90. The summed E-state index contributed by atoms with van der Waals surface area (Å²) < 4.78 is 5.41. The van der Waals surface area contributed by atoms with Crippen LogP contribution < -0.4 is 11.1 Å². The van der Waals surface area contributed by atoms with Gasteiger partial charge in [0, 0.05) is 30.6 Å². The van der Waals surface area contributed by atoms with E-state index in [1.54, 1.807) is 0 Å². The Morgan fingerprint density at radius 1 is 1.31 bits per heavy atom. The van der Waals surface area contributed by atoms with Gasteiger partial charge in [0.2, 0.25) is 0 Å². The first-order valence-corrected chi connectivity index (χ1v) is 10.3. The van der Waals surface area contributed by atoms with E-state index in [1.165, 1.54) is 0 Å². The second-order valence-electron chi connectivity index (χ2n) is 8.34. The summed E-state index contributed by atoms with van der Waals surface area (Å²) in [6.45, 7) is 6.83. The Bertz CT molecular complexity index is 574. The average molecular weight is 363 g/mol. The summed E-state index contributed by atoms with van der Waals surface area (Å²) in [4.78, 5) is 15.2. The lowest BCUT2D eigenvalue weighted by Gasteiger charge is -2.37. The number of nitrogens with zero attached hydrogens (tertiary/aromatic N) is 2. The summed E-state index contributed by atoms with van der Waals surface area (Å²) in [6.07, 6.45) is 7.65. The maximum atomic E-state index is 13.1. The Morgan fingerprint density at radius 3 is 2.65 bits per heavy atom. The Kier molecular flexibility index (Phi) is 6.70. The van der Waals surface area contributed by atoms with Gasteiger partial charge in [-0.05, 0) is 64.0 Å². The maximum absolute atomic E-state index is 13.1. The molecule has 0 bridgehead atoms. The third-order valence-corrected chi connectivity index (χ3v) is 5.50. The van der Waals surface area contributed by atoms with Crippen molar-refractivity contribution in [2.45, 2.75) is 76.8 Å². The molecule has 0 aliphatic heterocycles. The van der Waals surface area contributed by atoms with Gasteiger partial charge in [-0.25, -0.2) is 0 Å². The smallest absolute Gasteiger partial charge is 0.276 e. The first-order valence-electron chi connectivity index (χ1n) is 10.3. The van der Waals surface area contributed by atoms with Crippen molar-refractivity contribution in [2.75, 3.05) is 19.6 Å². The molecule has 6 nitrogen and oxygen atoms in total. The summed E-state index contributed by atoms with van der Waals surface area (Å²) in [5.41, 5.74) is 6.05. The minimum atomic E-state index is 0.0360. The van der Waals surface area contributed by atoms with Gasteiger partial charge in [-0.15, -0.1) is 0 Å². The largest absolute Gasteiger partial charge is 0.360 e. The van der Waals surface area contributed by atoms with Crippen LogP contribution in [0.15, 0.2) is 10.6 Å². The highest BCUT2D eigenvalue weighted by Gasteiger charge is 2.33. The molecule has 2 fully saturated rings. The molecule has 0 spiro atoms. The molecule has 1 amide bonds. The first kappa shape index (κ1) is 19.4. The normalized spacial score (nSPS) is 23.4. The molecule has 0 radical (unpaired) electrons. The number of carbonyl (C=O) groups excluding carboxylic acids is 1. The number of rotatable bonds is 9. The minimum Gasteiger partial charge on any atom is -0.360 e.